The van der Waals surface area contributed by atoms with E-state index in [-0.39, 0.29) is 30.8 Å². The van der Waals surface area contributed by atoms with Gasteiger partial charge in [-0.3, -0.25) is 9.59 Å². The average molecular weight is 483 g/mol. The van der Waals surface area contributed by atoms with Crippen LogP contribution in [0, 0.1) is 0 Å². The lowest BCUT2D eigenvalue weighted by molar-refractivity contribution is -0.141. The number of nitrogens with zero attached hydrogens (tertiary/aromatic N) is 1. The number of rotatable bonds is 10. The lowest BCUT2D eigenvalue weighted by Crippen LogP contribution is -2.46. The minimum absolute atomic E-state index is 0.101. The number of carbonyl (C=O) groups excluding carboxylic acids is 2. The molecule has 1 fully saturated rings. The average Bonchev–Trinajstić information content (AvgIpc) is 3.63. The summed E-state index contributed by atoms with van der Waals surface area (Å²) in [6.45, 7) is 0.153. The number of furan rings is 1. The zero-order valence-corrected chi connectivity index (χ0v) is 20.3. The first-order valence-electron chi connectivity index (χ1n) is 11.5. The number of carbonyl (C=O) groups is 2. The van der Waals surface area contributed by atoms with Gasteiger partial charge < -0.3 is 24.1 Å². The van der Waals surface area contributed by atoms with Crippen LogP contribution in [0.3, 0.4) is 0 Å². The summed E-state index contributed by atoms with van der Waals surface area (Å²) in [4.78, 5) is 30.0. The second kappa shape index (κ2) is 11.2. The van der Waals surface area contributed by atoms with E-state index in [2.05, 4.69) is 5.32 Å². The fourth-order valence-electron chi connectivity index (χ4n) is 4.41. The summed E-state index contributed by atoms with van der Waals surface area (Å²) in [7, 11) is 3.13. The van der Waals surface area contributed by atoms with Crippen molar-refractivity contribution in [2.45, 2.75) is 50.7 Å². The molecule has 8 heteroatoms. The molecule has 1 N–H and O–H groups in total. The Morgan fingerprint density at radius 2 is 1.97 bits per heavy atom. The maximum absolute atomic E-state index is 13.8. The third-order valence-corrected chi connectivity index (χ3v) is 7.00. The summed E-state index contributed by atoms with van der Waals surface area (Å²) in [5, 5.41) is 5.12. The minimum atomic E-state index is -0.914. The van der Waals surface area contributed by atoms with Crippen molar-refractivity contribution < 1.29 is 23.5 Å². The van der Waals surface area contributed by atoms with Gasteiger partial charge in [0.2, 0.25) is 11.8 Å². The second-order valence-electron chi connectivity index (χ2n) is 8.36. The van der Waals surface area contributed by atoms with E-state index in [4.69, 9.17) is 13.9 Å². The van der Waals surface area contributed by atoms with Gasteiger partial charge in [0, 0.05) is 16.5 Å². The Morgan fingerprint density at radius 1 is 1.15 bits per heavy atom. The van der Waals surface area contributed by atoms with Crippen molar-refractivity contribution in [1.82, 2.24) is 10.2 Å². The van der Waals surface area contributed by atoms with E-state index in [0.29, 0.717) is 22.8 Å². The largest absolute Gasteiger partial charge is 0.497 e. The summed E-state index contributed by atoms with van der Waals surface area (Å²) >= 11 is 1.52. The Kier molecular flexibility index (Phi) is 7.90. The molecule has 1 aromatic carbocycles. The molecular weight excluding hydrogens is 452 g/mol. The van der Waals surface area contributed by atoms with Gasteiger partial charge in [-0.15, -0.1) is 11.3 Å². The highest BCUT2D eigenvalue weighted by Gasteiger charge is 2.36. The third-order valence-electron chi connectivity index (χ3n) is 6.13. The van der Waals surface area contributed by atoms with Crippen molar-refractivity contribution in [2.75, 3.05) is 14.2 Å². The minimum Gasteiger partial charge on any atom is -0.497 e. The van der Waals surface area contributed by atoms with Crippen LogP contribution < -0.4 is 14.8 Å². The van der Waals surface area contributed by atoms with E-state index in [1.54, 1.807) is 55.7 Å². The first-order valence-corrected chi connectivity index (χ1v) is 12.3. The Bertz CT molecular complexity index is 1070. The molecule has 0 bridgehead atoms. The van der Waals surface area contributed by atoms with Crippen molar-refractivity contribution in [2.24, 2.45) is 0 Å². The van der Waals surface area contributed by atoms with Gasteiger partial charge in [0.1, 0.15) is 23.3 Å². The number of ether oxygens (including phenoxy) is 2. The quantitative estimate of drug-likeness (QED) is 0.452. The van der Waals surface area contributed by atoms with Crippen molar-refractivity contribution in [3.8, 4) is 11.5 Å². The van der Waals surface area contributed by atoms with Gasteiger partial charge in [0.15, 0.2) is 0 Å². The monoisotopic (exact) mass is 482 g/mol. The van der Waals surface area contributed by atoms with Crippen LogP contribution in [-0.4, -0.2) is 37.0 Å². The van der Waals surface area contributed by atoms with Gasteiger partial charge in [-0.05, 0) is 54.6 Å². The van der Waals surface area contributed by atoms with Gasteiger partial charge in [0.05, 0.1) is 33.4 Å². The standard InChI is InChI=1S/C26H30N2O5S/c1-31-19-11-12-23(32-2)22(15-19)25(26(30)27-18-7-3-4-8-18)28(17-20-9-5-13-33-20)24(29)16-21-10-6-14-34-21/h5-6,9-15,18,25H,3-4,7-8,16-17H2,1-2H3,(H,27,30). The maximum atomic E-state index is 13.8. The lowest BCUT2D eigenvalue weighted by atomic mass is 10.0. The number of amides is 2. The van der Waals surface area contributed by atoms with Crippen molar-refractivity contribution in [3.05, 3.63) is 70.3 Å². The number of thiophene rings is 1. The molecule has 1 atom stereocenters. The smallest absolute Gasteiger partial charge is 0.247 e. The molecule has 0 saturated heterocycles. The van der Waals surface area contributed by atoms with E-state index in [0.717, 1.165) is 30.6 Å². The van der Waals surface area contributed by atoms with E-state index >= 15 is 0 Å². The molecular formula is C26H30N2O5S. The number of nitrogens with one attached hydrogen (secondary N) is 1. The molecule has 0 spiro atoms. The Morgan fingerprint density at radius 3 is 2.62 bits per heavy atom. The molecule has 0 radical (unpaired) electrons. The molecule has 2 heterocycles. The molecule has 1 unspecified atom stereocenters. The van der Waals surface area contributed by atoms with Crippen molar-refractivity contribution in [1.29, 1.82) is 0 Å². The predicted octanol–water partition coefficient (Wildman–Crippen LogP) is 4.73. The zero-order chi connectivity index (χ0) is 23.9. The fraction of sp³-hybridized carbons (Fsp3) is 0.385. The highest BCUT2D eigenvalue weighted by Crippen LogP contribution is 2.35. The van der Waals surface area contributed by atoms with E-state index < -0.39 is 6.04 Å². The lowest BCUT2D eigenvalue weighted by Gasteiger charge is -2.32. The Hall–Kier alpha value is -3.26. The van der Waals surface area contributed by atoms with Crippen LogP contribution in [0.5, 0.6) is 11.5 Å². The van der Waals surface area contributed by atoms with E-state index in [1.807, 2.05) is 17.5 Å². The van der Waals surface area contributed by atoms with Gasteiger partial charge in [-0.25, -0.2) is 0 Å². The van der Waals surface area contributed by atoms with Crippen molar-refractivity contribution in [3.63, 3.8) is 0 Å². The van der Waals surface area contributed by atoms with Crippen LogP contribution in [0.1, 0.15) is 47.9 Å². The van der Waals surface area contributed by atoms with Gasteiger partial charge >= 0.3 is 0 Å². The molecule has 2 aromatic heterocycles. The zero-order valence-electron chi connectivity index (χ0n) is 19.5. The summed E-state index contributed by atoms with van der Waals surface area (Å²) in [6.07, 6.45) is 5.82. The fourth-order valence-corrected chi connectivity index (χ4v) is 5.11. The van der Waals surface area contributed by atoms with Crippen LogP contribution in [0.2, 0.25) is 0 Å². The first-order chi connectivity index (χ1) is 16.6. The van der Waals surface area contributed by atoms with Crippen LogP contribution in [0.4, 0.5) is 0 Å². The normalized spacial score (nSPS) is 14.5. The number of hydrogen-bond donors (Lipinski definition) is 1. The SMILES string of the molecule is COc1ccc(OC)c(C(C(=O)NC2CCCC2)N(Cc2ccco2)C(=O)Cc2cccs2)c1. The van der Waals surface area contributed by atoms with Crippen LogP contribution in [-0.2, 0) is 22.6 Å². The van der Waals surface area contributed by atoms with Gasteiger partial charge in [-0.2, -0.15) is 0 Å². The molecule has 34 heavy (non-hydrogen) atoms. The number of methoxy groups -OCH3 is 2. The highest BCUT2D eigenvalue weighted by atomic mass is 32.1. The van der Waals surface area contributed by atoms with Crippen LogP contribution >= 0.6 is 11.3 Å². The molecule has 3 aromatic rings. The molecule has 180 valence electrons. The second-order valence-corrected chi connectivity index (χ2v) is 9.39. The Balaban J connectivity index is 1.76. The molecule has 7 nitrogen and oxygen atoms in total. The van der Waals surface area contributed by atoms with Crippen LogP contribution in [0.15, 0.2) is 58.5 Å². The number of benzene rings is 1. The summed E-state index contributed by atoms with van der Waals surface area (Å²) in [5.41, 5.74) is 0.573. The molecule has 0 aliphatic heterocycles. The Labute approximate surface area is 203 Å². The summed E-state index contributed by atoms with van der Waals surface area (Å²) in [5.74, 6) is 1.29. The number of hydrogen-bond acceptors (Lipinski definition) is 6. The third kappa shape index (κ3) is 5.62. The van der Waals surface area contributed by atoms with Gasteiger partial charge in [-0.1, -0.05) is 18.9 Å². The molecule has 1 aliphatic rings. The molecule has 2 amide bonds. The van der Waals surface area contributed by atoms with Gasteiger partial charge in [0.25, 0.3) is 0 Å². The maximum Gasteiger partial charge on any atom is 0.247 e. The first kappa shape index (κ1) is 23.9. The molecule has 1 saturated carbocycles. The van der Waals surface area contributed by atoms with Crippen LogP contribution in [0.25, 0.3) is 0 Å². The molecule has 4 rings (SSSR count). The van der Waals surface area contributed by atoms with E-state index in [1.165, 1.54) is 11.3 Å². The van der Waals surface area contributed by atoms with Crippen molar-refractivity contribution >= 4 is 23.2 Å². The predicted molar refractivity (Wildman–Crippen MR) is 130 cm³/mol. The highest BCUT2D eigenvalue weighted by molar-refractivity contribution is 7.10. The molecule has 1 aliphatic carbocycles. The van der Waals surface area contributed by atoms with E-state index in [9.17, 15) is 9.59 Å². The summed E-state index contributed by atoms with van der Waals surface area (Å²) in [6, 6.07) is 11.9. The topological polar surface area (TPSA) is 81.0 Å². The summed E-state index contributed by atoms with van der Waals surface area (Å²) < 4.78 is 16.6.